The van der Waals surface area contributed by atoms with Crippen LogP contribution in [0.4, 0.5) is 0 Å². The fraction of sp³-hybridized carbons (Fsp3) is 0.738. The first-order chi connectivity index (χ1) is 46.1. The Hall–Kier alpha value is -3.61. The van der Waals surface area contributed by atoms with Crippen LogP contribution in [0.2, 0.25) is 0 Å². The van der Waals surface area contributed by atoms with Gasteiger partial charge >= 0.3 is 0 Å². The second-order valence-corrected chi connectivity index (χ2v) is 26.0. The van der Waals surface area contributed by atoms with Crippen molar-refractivity contribution < 1.29 is 64.6 Å². The third kappa shape index (κ3) is 45.8. The zero-order chi connectivity index (χ0) is 68.0. The number of aliphatic hydroxyl groups is 8. The summed E-state index contributed by atoms with van der Waals surface area (Å²) in [6.07, 6.45) is 75.5. The van der Waals surface area contributed by atoms with Gasteiger partial charge in [0.25, 0.3) is 0 Å². The third-order valence-corrected chi connectivity index (χ3v) is 17.6. The molecular weight excluding hydrogens is 1180 g/mol. The Labute approximate surface area is 571 Å². The maximum Gasteiger partial charge on any atom is 0.220 e. The zero-order valence-corrected chi connectivity index (χ0v) is 58.9. The van der Waals surface area contributed by atoms with Gasteiger partial charge in [-0.05, 0) is 103 Å². The summed E-state index contributed by atoms with van der Waals surface area (Å²) >= 11 is 0. The second-order valence-electron chi connectivity index (χ2n) is 26.0. The van der Waals surface area contributed by atoms with Crippen LogP contribution in [0.25, 0.3) is 0 Å². The number of rotatable bonds is 61. The summed E-state index contributed by atoms with van der Waals surface area (Å²) in [5.41, 5.74) is 0. The van der Waals surface area contributed by atoms with Crippen LogP contribution in [-0.4, -0.2) is 140 Å². The standard InChI is InChI=1S/C80H137NO13/c1-3-5-7-9-11-13-15-17-19-21-23-25-27-28-29-30-31-32-33-34-35-36-37-38-39-40-42-44-46-48-50-52-54-56-58-60-62-64-72(85)81-68(67-91-79-77(90)75(88)78(71(66-83)93-79)94-80-76(89)74(87)73(86)70(65-82)92-80)69(84)63-61-59-57-55-53-51-49-47-45-43-41-26-24-22-20-18-16-14-12-10-8-6-4-2/h5,7,11,13,17,19,23,25,28-29,31-32,34-35,45,47,53,55,61,63,68-71,73-80,82-84,86-90H,3-4,6,8-10,12,14-16,18,20-22,24,26-27,30,33,36-44,46,48-52,54,56-60,62,64-67H2,1-2H3,(H,81,85)/b7-5-,13-11-,19-17-,25-23-,29-28-,32-31-,35-34-,47-45+,55-53+,63-61+. The summed E-state index contributed by atoms with van der Waals surface area (Å²) in [5, 5.41) is 87.5. The molecule has 2 fully saturated rings. The number of hydrogen-bond donors (Lipinski definition) is 9. The summed E-state index contributed by atoms with van der Waals surface area (Å²) in [5.74, 6) is -0.255. The smallest absolute Gasteiger partial charge is 0.220 e. The van der Waals surface area contributed by atoms with Gasteiger partial charge in [-0.25, -0.2) is 0 Å². The van der Waals surface area contributed by atoms with Crippen LogP contribution in [0, 0.1) is 0 Å². The van der Waals surface area contributed by atoms with E-state index in [9.17, 15) is 45.6 Å². The Morgan fingerprint density at radius 3 is 1.17 bits per heavy atom. The first kappa shape index (κ1) is 86.5. The maximum absolute atomic E-state index is 13.4. The second kappa shape index (κ2) is 62.9. The lowest BCUT2D eigenvalue weighted by Crippen LogP contribution is -2.65. The highest BCUT2D eigenvalue weighted by atomic mass is 16.7. The molecule has 0 saturated carbocycles. The van der Waals surface area contributed by atoms with E-state index in [0.29, 0.717) is 12.8 Å². The quantitative estimate of drug-likeness (QED) is 0.0204. The third-order valence-electron chi connectivity index (χ3n) is 17.6. The van der Waals surface area contributed by atoms with Crippen LogP contribution in [0.3, 0.4) is 0 Å². The highest BCUT2D eigenvalue weighted by Gasteiger charge is 2.51. The van der Waals surface area contributed by atoms with Crippen molar-refractivity contribution in [3.8, 4) is 0 Å². The first-order valence-electron chi connectivity index (χ1n) is 37.8. The van der Waals surface area contributed by atoms with Crippen molar-refractivity contribution in [2.24, 2.45) is 0 Å². The Bertz CT molecular complexity index is 2040. The Morgan fingerprint density at radius 1 is 0.394 bits per heavy atom. The van der Waals surface area contributed by atoms with Crippen molar-refractivity contribution in [2.45, 2.75) is 357 Å². The largest absolute Gasteiger partial charge is 0.394 e. The summed E-state index contributed by atoms with van der Waals surface area (Å²) in [6, 6.07) is -0.946. The minimum absolute atomic E-state index is 0.255. The number of carbonyl (C=O) groups is 1. The lowest BCUT2D eigenvalue weighted by molar-refractivity contribution is -0.359. The highest BCUT2D eigenvalue weighted by Crippen LogP contribution is 2.30. The molecule has 1 amide bonds. The number of nitrogens with one attached hydrogen (secondary N) is 1. The average Bonchev–Trinajstić information content (AvgIpc) is 0.794. The Kier molecular flexibility index (Phi) is 57.8. The van der Waals surface area contributed by atoms with E-state index in [1.807, 2.05) is 6.08 Å². The molecule has 0 aliphatic carbocycles. The van der Waals surface area contributed by atoms with Gasteiger partial charge in [0, 0.05) is 6.42 Å². The number of carbonyl (C=O) groups excluding carboxylic acids is 1. The van der Waals surface area contributed by atoms with Gasteiger partial charge in [-0.2, -0.15) is 0 Å². The molecule has 0 aromatic rings. The molecule has 0 radical (unpaired) electrons. The van der Waals surface area contributed by atoms with E-state index in [1.54, 1.807) is 6.08 Å². The van der Waals surface area contributed by atoms with Gasteiger partial charge in [0.15, 0.2) is 12.6 Å². The monoisotopic (exact) mass is 1320 g/mol. The van der Waals surface area contributed by atoms with Crippen LogP contribution < -0.4 is 5.32 Å². The normalized spacial score (nSPS) is 23.2. The molecule has 0 bridgehead atoms. The summed E-state index contributed by atoms with van der Waals surface area (Å²) in [4.78, 5) is 13.4. The maximum atomic E-state index is 13.4. The number of ether oxygens (including phenoxy) is 4. The molecule has 12 atom stereocenters. The topological polar surface area (TPSA) is 228 Å². The van der Waals surface area contributed by atoms with Gasteiger partial charge in [0.1, 0.15) is 48.8 Å². The minimum atomic E-state index is -1.80. The molecule has 0 aromatic heterocycles. The van der Waals surface area contributed by atoms with Crippen molar-refractivity contribution in [1.29, 1.82) is 0 Å². The average molecular weight is 1320 g/mol. The van der Waals surface area contributed by atoms with E-state index < -0.39 is 86.8 Å². The van der Waals surface area contributed by atoms with Gasteiger partial charge in [0.2, 0.25) is 5.91 Å². The van der Waals surface area contributed by atoms with E-state index in [2.05, 4.69) is 129 Å². The van der Waals surface area contributed by atoms with Crippen LogP contribution in [0.15, 0.2) is 122 Å². The zero-order valence-electron chi connectivity index (χ0n) is 58.9. The van der Waals surface area contributed by atoms with Gasteiger partial charge in [-0.3, -0.25) is 4.79 Å². The fourth-order valence-electron chi connectivity index (χ4n) is 11.7. The molecule has 12 unspecified atom stereocenters. The molecule has 2 aliphatic rings. The van der Waals surface area contributed by atoms with E-state index in [4.69, 9.17) is 18.9 Å². The number of aliphatic hydroxyl groups excluding tert-OH is 8. The first-order valence-corrected chi connectivity index (χ1v) is 37.8. The molecule has 0 spiro atoms. The molecule has 2 rings (SSSR count). The van der Waals surface area contributed by atoms with Crippen molar-refractivity contribution in [1.82, 2.24) is 5.32 Å². The summed E-state index contributed by atoms with van der Waals surface area (Å²) < 4.78 is 22.9. The van der Waals surface area contributed by atoms with Crippen molar-refractivity contribution in [3.05, 3.63) is 122 Å². The molecule has 14 nitrogen and oxygen atoms in total. The van der Waals surface area contributed by atoms with E-state index in [-0.39, 0.29) is 18.9 Å². The van der Waals surface area contributed by atoms with Crippen LogP contribution in [0.5, 0.6) is 0 Å². The number of amides is 1. The van der Waals surface area contributed by atoms with Crippen LogP contribution in [-0.2, 0) is 23.7 Å². The summed E-state index contributed by atoms with van der Waals surface area (Å²) in [7, 11) is 0. The van der Waals surface area contributed by atoms with E-state index in [1.165, 1.54) is 161 Å². The fourth-order valence-corrected chi connectivity index (χ4v) is 11.7. The van der Waals surface area contributed by atoms with E-state index >= 15 is 0 Å². The van der Waals surface area contributed by atoms with Gasteiger partial charge in [0.05, 0.1) is 32.0 Å². The molecule has 540 valence electrons. The highest BCUT2D eigenvalue weighted by molar-refractivity contribution is 5.76. The van der Waals surface area contributed by atoms with Crippen molar-refractivity contribution in [2.75, 3.05) is 19.8 Å². The number of unbranched alkanes of at least 4 members (excludes halogenated alkanes) is 30. The lowest BCUT2D eigenvalue weighted by atomic mass is 9.97. The summed E-state index contributed by atoms with van der Waals surface area (Å²) in [6.45, 7) is 2.68. The van der Waals surface area contributed by atoms with Crippen molar-refractivity contribution >= 4 is 5.91 Å². The molecule has 2 heterocycles. The number of allylic oxidation sites excluding steroid dienone is 19. The molecule has 2 aliphatic heterocycles. The van der Waals surface area contributed by atoms with Gasteiger partial charge in [-0.1, -0.05) is 296 Å². The molecule has 2 saturated heterocycles. The molecule has 9 N–H and O–H groups in total. The lowest BCUT2D eigenvalue weighted by Gasteiger charge is -2.46. The Balaban J connectivity index is 1.65. The molecular formula is C80H137NO13. The molecule has 94 heavy (non-hydrogen) atoms. The van der Waals surface area contributed by atoms with E-state index in [0.717, 1.165) is 89.9 Å². The van der Waals surface area contributed by atoms with Crippen LogP contribution in [0.1, 0.15) is 284 Å². The van der Waals surface area contributed by atoms with Crippen molar-refractivity contribution in [3.63, 3.8) is 0 Å². The predicted octanol–water partition coefficient (Wildman–Crippen LogP) is 16.5. The Morgan fingerprint density at radius 2 is 0.745 bits per heavy atom. The molecule has 14 heteroatoms. The molecule has 0 aromatic carbocycles. The van der Waals surface area contributed by atoms with Gasteiger partial charge in [-0.15, -0.1) is 0 Å². The predicted molar refractivity (Wildman–Crippen MR) is 387 cm³/mol. The van der Waals surface area contributed by atoms with Gasteiger partial charge < -0.3 is 65.1 Å². The number of hydrogen-bond acceptors (Lipinski definition) is 13. The van der Waals surface area contributed by atoms with Crippen LogP contribution >= 0.6 is 0 Å². The SMILES string of the molecule is CC/C=C\C/C=C\C/C=C\C/C=C\C/C=C\C/C=C\C/C=C\CCCCCCCCCCCCCCCCCC(=O)NC(COC1OC(CO)C(OC2OC(CO)C(O)C(O)C2O)C(O)C1O)C(O)/C=C/CC/C=C/CC/C=C/CCCCCCCCCCCCCCC. The minimum Gasteiger partial charge on any atom is -0.394 e.